The fourth-order valence-electron chi connectivity index (χ4n) is 4.70. The number of nitriles is 1. The number of amides is 1. The van der Waals surface area contributed by atoms with E-state index in [1.54, 1.807) is 50.4 Å². The van der Waals surface area contributed by atoms with Crippen LogP contribution >= 0.6 is 23.2 Å². The Hall–Kier alpha value is -3.08. The van der Waals surface area contributed by atoms with Gasteiger partial charge in [0.15, 0.2) is 0 Å². The molecule has 2 atom stereocenters. The summed E-state index contributed by atoms with van der Waals surface area (Å²) in [6.07, 6.45) is 0. The Morgan fingerprint density at radius 2 is 1.81 bits per heavy atom. The van der Waals surface area contributed by atoms with E-state index in [1.165, 1.54) is 0 Å². The zero-order chi connectivity index (χ0) is 25.9. The van der Waals surface area contributed by atoms with Gasteiger partial charge in [0.2, 0.25) is 0 Å². The van der Waals surface area contributed by atoms with Crippen molar-refractivity contribution in [1.29, 1.82) is 5.26 Å². The molecule has 1 saturated heterocycles. The van der Waals surface area contributed by atoms with Crippen molar-refractivity contribution in [2.45, 2.75) is 18.6 Å². The molecule has 1 amide bonds. The number of carbonyl (C=O) groups excluding carboxylic acids is 1. The van der Waals surface area contributed by atoms with Crippen molar-refractivity contribution < 1.29 is 9.90 Å². The van der Waals surface area contributed by atoms with Gasteiger partial charge in [-0.15, -0.1) is 0 Å². The lowest BCUT2D eigenvalue weighted by molar-refractivity contribution is 0.0103. The summed E-state index contributed by atoms with van der Waals surface area (Å²) >= 11 is 12.8. The zero-order valence-corrected chi connectivity index (χ0v) is 21.7. The first-order chi connectivity index (χ1) is 17.2. The molecule has 0 radical (unpaired) electrons. The maximum Gasteiger partial charge on any atom is 0.251 e. The fourth-order valence-corrected chi connectivity index (χ4v) is 5.11. The van der Waals surface area contributed by atoms with Gasteiger partial charge in [-0.1, -0.05) is 47.5 Å². The van der Waals surface area contributed by atoms with E-state index in [1.807, 2.05) is 30.3 Å². The quantitative estimate of drug-likeness (QED) is 0.476. The van der Waals surface area contributed by atoms with Crippen molar-refractivity contribution in [1.82, 2.24) is 10.2 Å². The van der Waals surface area contributed by atoms with Crippen LogP contribution in [-0.2, 0) is 5.60 Å². The maximum atomic E-state index is 12.1. The Labute approximate surface area is 221 Å². The Kier molecular flexibility index (Phi) is 7.87. The van der Waals surface area contributed by atoms with Crippen molar-refractivity contribution in [2.75, 3.05) is 38.1 Å². The van der Waals surface area contributed by atoms with E-state index in [-0.39, 0.29) is 11.9 Å². The van der Waals surface area contributed by atoms with Gasteiger partial charge in [0, 0.05) is 43.8 Å². The topological polar surface area (TPSA) is 79.6 Å². The number of nitrogens with one attached hydrogen (secondary N) is 1. The average Bonchev–Trinajstić information content (AvgIpc) is 2.88. The molecule has 0 bridgehead atoms. The van der Waals surface area contributed by atoms with Crippen LogP contribution in [0.15, 0.2) is 66.7 Å². The molecule has 3 aromatic carbocycles. The molecule has 0 unspecified atom stereocenters. The van der Waals surface area contributed by atoms with Crippen LogP contribution in [-0.4, -0.2) is 49.1 Å². The van der Waals surface area contributed by atoms with Gasteiger partial charge in [-0.2, -0.15) is 5.26 Å². The highest BCUT2D eigenvalue weighted by Gasteiger charge is 2.34. The molecule has 1 aliphatic heterocycles. The van der Waals surface area contributed by atoms with Crippen molar-refractivity contribution in [3.8, 4) is 6.07 Å². The molecule has 36 heavy (non-hydrogen) atoms. The minimum Gasteiger partial charge on any atom is -0.384 e. The molecular weight excluding hydrogens is 495 g/mol. The number of β-amino-alcohol motifs (C(OH)–C–C–N with tert-alkyl or cyclic N) is 1. The number of benzene rings is 3. The third-order valence-corrected chi connectivity index (χ3v) is 7.19. The van der Waals surface area contributed by atoms with Crippen LogP contribution in [0, 0.1) is 11.3 Å². The molecule has 4 rings (SSSR count). The maximum absolute atomic E-state index is 12.1. The lowest BCUT2D eigenvalue weighted by Gasteiger charge is -2.45. The van der Waals surface area contributed by atoms with Crippen LogP contribution in [0.3, 0.4) is 0 Å². The van der Waals surface area contributed by atoms with Gasteiger partial charge < -0.3 is 15.3 Å². The van der Waals surface area contributed by atoms with Gasteiger partial charge in [-0.25, -0.2) is 0 Å². The number of aliphatic hydroxyl groups is 1. The molecule has 0 spiro atoms. The van der Waals surface area contributed by atoms with E-state index < -0.39 is 5.60 Å². The van der Waals surface area contributed by atoms with Gasteiger partial charge >= 0.3 is 0 Å². The summed E-state index contributed by atoms with van der Waals surface area (Å²) < 4.78 is 0. The van der Waals surface area contributed by atoms with Crippen LogP contribution in [0.25, 0.3) is 0 Å². The van der Waals surface area contributed by atoms with Crippen molar-refractivity contribution in [3.05, 3.63) is 99.0 Å². The Balaban J connectivity index is 1.61. The smallest absolute Gasteiger partial charge is 0.251 e. The number of hydrogen-bond acceptors (Lipinski definition) is 5. The van der Waals surface area contributed by atoms with Crippen LogP contribution < -0.4 is 10.2 Å². The van der Waals surface area contributed by atoms with E-state index in [2.05, 4.69) is 21.2 Å². The Bertz CT molecular complexity index is 1270. The summed E-state index contributed by atoms with van der Waals surface area (Å²) in [6, 6.07) is 22.2. The second-order valence-corrected chi connectivity index (χ2v) is 10.0. The number of nitrogens with zero attached hydrogens (tertiary/aromatic N) is 3. The van der Waals surface area contributed by atoms with Gasteiger partial charge in [-0.3, -0.25) is 9.69 Å². The molecule has 0 saturated carbocycles. The number of anilines is 1. The van der Waals surface area contributed by atoms with Gasteiger partial charge in [0.1, 0.15) is 0 Å². The molecule has 8 heteroatoms. The average molecular weight is 523 g/mol. The first-order valence-electron chi connectivity index (χ1n) is 11.7. The summed E-state index contributed by atoms with van der Waals surface area (Å²) in [5.41, 5.74) is 2.67. The van der Waals surface area contributed by atoms with E-state index in [9.17, 15) is 9.90 Å². The first kappa shape index (κ1) is 26.0. The summed E-state index contributed by atoms with van der Waals surface area (Å²) in [7, 11) is 1.59. The Morgan fingerprint density at radius 3 is 2.42 bits per heavy atom. The molecule has 0 aliphatic carbocycles. The predicted octanol–water partition coefficient (Wildman–Crippen LogP) is 5.00. The molecule has 0 aromatic heterocycles. The summed E-state index contributed by atoms with van der Waals surface area (Å²) in [5, 5.41) is 24.2. The van der Waals surface area contributed by atoms with Crippen LogP contribution in [0.5, 0.6) is 0 Å². The first-order valence-corrected chi connectivity index (χ1v) is 12.5. The molecule has 2 N–H and O–H groups in total. The van der Waals surface area contributed by atoms with Crippen molar-refractivity contribution >= 4 is 34.8 Å². The van der Waals surface area contributed by atoms with Gasteiger partial charge in [0.25, 0.3) is 5.91 Å². The number of halogens is 2. The minimum atomic E-state index is -1.09. The molecule has 1 fully saturated rings. The van der Waals surface area contributed by atoms with Gasteiger partial charge in [-0.05, 0) is 60.5 Å². The Morgan fingerprint density at radius 1 is 1.11 bits per heavy atom. The lowest BCUT2D eigenvalue weighted by atomic mass is 9.93. The molecule has 1 heterocycles. The lowest BCUT2D eigenvalue weighted by Crippen LogP contribution is -2.52. The summed E-state index contributed by atoms with van der Waals surface area (Å²) in [5.74, 6) is -0.187. The van der Waals surface area contributed by atoms with E-state index in [0.717, 1.165) is 16.8 Å². The van der Waals surface area contributed by atoms with Gasteiger partial charge in [0.05, 0.1) is 34.0 Å². The molecule has 1 aliphatic rings. The molecule has 6 nitrogen and oxygen atoms in total. The fraction of sp³-hybridized carbons (Fsp3) is 0.286. The standard InChI is InChI=1S/C28H28Cl2N4O2/c1-28(36,22-8-3-19(16-31)4-9-22)18-33-13-14-34(26(17-33)20-5-10-23(29)11-6-20)25-12-7-21(15-24(25)30)27(35)32-2/h3-12,15,26,36H,13-14,17-18H2,1-2H3,(H,32,35)/t26-,28+/m0/s1. The van der Waals surface area contributed by atoms with Crippen molar-refractivity contribution in [3.63, 3.8) is 0 Å². The molecular formula is C28H28Cl2N4O2. The SMILES string of the molecule is CNC(=O)c1ccc(N2CCN(C[C@@](C)(O)c3ccc(C#N)cc3)C[C@H]2c2ccc(Cl)cc2)c(Cl)c1. The highest BCUT2D eigenvalue weighted by atomic mass is 35.5. The second kappa shape index (κ2) is 10.9. The number of rotatable bonds is 6. The number of carbonyl (C=O) groups is 1. The van der Waals surface area contributed by atoms with Crippen LogP contribution in [0.4, 0.5) is 5.69 Å². The highest BCUT2D eigenvalue weighted by Crippen LogP contribution is 2.37. The predicted molar refractivity (Wildman–Crippen MR) is 144 cm³/mol. The number of hydrogen-bond donors (Lipinski definition) is 2. The van der Waals surface area contributed by atoms with Crippen LogP contribution in [0.2, 0.25) is 10.0 Å². The number of piperazine rings is 1. The highest BCUT2D eigenvalue weighted by molar-refractivity contribution is 6.33. The third-order valence-electron chi connectivity index (χ3n) is 6.63. The minimum absolute atomic E-state index is 0.0452. The largest absolute Gasteiger partial charge is 0.384 e. The van der Waals surface area contributed by atoms with Crippen molar-refractivity contribution in [2.24, 2.45) is 0 Å². The van der Waals surface area contributed by atoms with E-state index >= 15 is 0 Å². The molecule has 186 valence electrons. The monoisotopic (exact) mass is 522 g/mol. The van der Waals surface area contributed by atoms with E-state index in [4.69, 9.17) is 28.5 Å². The normalized spacial score (nSPS) is 17.8. The van der Waals surface area contributed by atoms with E-state index in [0.29, 0.717) is 47.4 Å². The molecule has 3 aromatic rings. The third kappa shape index (κ3) is 5.66. The van der Waals surface area contributed by atoms with Crippen LogP contribution in [0.1, 0.15) is 40.0 Å². The zero-order valence-electron chi connectivity index (χ0n) is 20.2. The second-order valence-electron chi connectivity index (χ2n) is 9.20. The summed E-state index contributed by atoms with van der Waals surface area (Å²) in [4.78, 5) is 16.5. The summed E-state index contributed by atoms with van der Waals surface area (Å²) in [6.45, 7) is 4.27.